The highest BCUT2D eigenvalue weighted by Gasteiger charge is 2.42. The van der Waals surface area contributed by atoms with Gasteiger partial charge >= 0.3 is 0 Å². The van der Waals surface area contributed by atoms with Crippen molar-refractivity contribution >= 4 is 5.91 Å². The third kappa shape index (κ3) is 5.35. The fourth-order valence-corrected chi connectivity index (χ4v) is 4.09. The van der Waals surface area contributed by atoms with Gasteiger partial charge in [0.2, 0.25) is 5.91 Å². The summed E-state index contributed by atoms with van der Waals surface area (Å²) in [6.07, 6.45) is 8.05. The molecule has 0 aliphatic carbocycles. The van der Waals surface area contributed by atoms with Gasteiger partial charge in [-0.3, -0.25) is 14.8 Å². The molecule has 0 aliphatic heterocycles. The van der Waals surface area contributed by atoms with E-state index in [1.54, 1.807) is 61.2 Å². The Hall–Kier alpha value is -3.90. The van der Waals surface area contributed by atoms with Gasteiger partial charge in [-0.15, -0.1) is 0 Å². The zero-order chi connectivity index (χ0) is 23.8. The molecule has 0 spiro atoms. The van der Waals surface area contributed by atoms with E-state index in [4.69, 9.17) is 0 Å². The number of hydrogen-bond acceptors (Lipinski definition) is 4. The number of rotatable bonds is 9. The van der Waals surface area contributed by atoms with Crippen molar-refractivity contribution in [2.24, 2.45) is 0 Å². The number of aryl methyl sites for hydroxylation is 1. The molecule has 0 saturated heterocycles. The average Bonchev–Trinajstić information content (AvgIpc) is 2.89. The Morgan fingerprint density at radius 1 is 0.882 bits per heavy atom. The van der Waals surface area contributed by atoms with Crippen LogP contribution in [0.25, 0.3) is 0 Å². The topological polar surface area (TPSA) is 75.1 Å². The SMILES string of the molecule is O=C(CCCc1ccccc1)NC(c1ccc(F)cc1)C(O)(c1cccnc1)c1cccnc1. The summed E-state index contributed by atoms with van der Waals surface area (Å²) in [5.74, 6) is -0.612. The summed E-state index contributed by atoms with van der Waals surface area (Å²) in [7, 11) is 0. The Bertz CT molecular complexity index is 1150. The monoisotopic (exact) mass is 455 g/mol. The second-order valence-electron chi connectivity index (χ2n) is 8.14. The van der Waals surface area contributed by atoms with Gasteiger partial charge in [0.1, 0.15) is 11.4 Å². The molecular formula is C28H26FN3O2. The van der Waals surface area contributed by atoms with Crippen LogP contribution in [0.4, 0.5) is 4.39 Å². The number of aromatic nitrogens is 2. The fraction of sp³-hybridized carbons (Fsp3) is 0.179. The van der Waals surface area contributed by atoms with Gasteiger partial charge in [-0.2, -0.15) is 0 Å². The molecule has 6 heteroatoms. The zero-order valence-electron chi connectivity index (χ0n) is 18.6. The number of hydrogen-bond donors (Lipinski definition) is 2. The Kier molecular flexibility index (Phi) is 7.40. The lowest BCUT2D eigenvalue weighted by atomic mass is 9.78. The highest BCUT2D eigenvalue weighted by molar-refractivity contribution is 5.77. The van der Waals surface area contributed by atoms with E-state index in [1.807, 2.05) is 30.3 Å². The van der Waals surface area contributed by atoms with E-state index in [0.29, 0.717) is 23.1 Å². The van der Waals surface area contributed by atoms with Crippen LogP contribution in [0.2, 0.25) is 0 Å². The fourth-order valence-electron chi connectivity index (χ4n) is 4.09. The second-order valence-corrected chi connectivity index (χ2v) is 8.14. The van der Waals surface area contributed by atoms with Crippen LogP contribution in [0, 0.1) is 5.82 Å². The molecule has 34 heavy (non-hydrogen) atoms. The summed E-state index contributed by atoms with van der Waals surface area (Å²) in [5, 5.41) is 15.2. The quantitative estimate of drug-likeness (QED) is 0.383. The highest BCUT2D eigenvalue weighted by atomic mass is 19.1. The normalized spacial score (nSPS) is 12.2. The summed E-state index contributed by atoms with van der Waals surface area (Å²) >= 11 is 0. The first-order valence-electron chi connectivity index (χ1n) is 11.2. The van der Waals surface area contributed by atoms with Crippen LogP contribution >= 0.6 is 0 Å². The van der Waals surface area contributed by atoms with Crippen molar-refractivity contribution in [3.8, 4) is 0 Å². The maximum atomic E-state index is 13.7. The van der Waals surface area contributed by atoms with E-state index in [2.05, 4.69) is 15.3 Å². The van der Waals surface area contributed by atoms with Crippen LogP contribution in [0.1, 0.15) is 41.1 Å². The minimum absolute atomic E-state index is 0.212. The molecule has 0 bridgehead atoms. The number of carbonyl (C=O) groups excluding carboxylic acids is 1. The number of carbonyl (C=O) groups is 1. The number of nitrogens with one attached hydrogen (secondary N) is 1. The number of halogens is 1. The number of nitrogens with zero attached hydrogens (tertiary/aromatic N) is 2. The molecule has 5 nitrogen and oxygen atoms in total. The van der Waals surface area contributed by atoms with Crippen LogP contribution in [-0.2, 0) is 16.8 Å². The molecule has 2 aromatic heterocycles. The molecule has 1 unspecified atom stereocenters. The number of amides is 1. The van der Waals surface area contributed by atoms with Gasteiger partial charge in [-0.25, -0.2) is 4.39 Å². The van der Waals surface area contributed by atoms with Crippen molar-refractivity contribution < 1.29 is 14.3 Å². The molecule has 172 valence electrons. The van der Waals surface area contributed by atoms with E-state index in [9.17, 15) is 14.3 Å². The first kappa shape index (κ1) is 23.3. The van der Waals surface area contributed by atoms with Crippen LogP contribution in [0.3, 0.4) is 0 Å². The average molecular weight is 456 g/mol. The highest BCUT2D eigenvalue weighted by Crippen LogP contribution is 2.40. The molecule has 2 heterocycles. The van der Waals surface area contributed by atoms with Crippen LogP contribution < -0.4 is 5.32 Å². The molecule has 2 aromatic carbocycles. The molecule has 0 radical (unpaired) electrons. The van der Waals surface area contributed by atoms with E-state index in [-0.39, 0.29) is 12.3 Å². The molecule has 0 aliphatic rings. The summed E-state index contributed by atoms with van der Waals surface area (Å²) in [6, 6.07) is 21.8. The Morgan fingerprint density at radius 3 is 2.06 bits per heavy atom. The molecule has 0 saturated carbocycles. The van der Waals surface area contributed by atoms with Crippen LogP contribution in [0.15, 0.2) is 104 Å². The van der Waals surface area contributed by atoms with Gasteiger partial charge in [0, 0.05) is 42.3 Å². The largest absolute Gasteiger partial charge is 0.378 e. The summed E-state index contributed by atoms with van der Waals surface area (Å²) in [6.45, 7) is 0. The lowest BCUT2D eigenvalue weighted by Crippen LogP contribution is -2.45. The minimum atomic E-state index is -1.69. The van der Waals surface area contributed by atoms with Crippen LogP contribution in [0.5, 0.6) is 0 Å². The van der Waals surface area contributed by atoms with E-state index < -0.39 is 17.5 Å². The van der Waals surface area contributed by atoms with E-state index in [1.165, 1.54) is 12.1 Å². The third-order valence-corrected chi connectivity index (χ3v) is 5.84. The maximum absolute atomic E-state index is 13.7. The van der Waals surface area contributed by atoms with Crippen molar-refractivity contribution in [2.45, 2.75) is 30.9 Å². The van der Waals surface area contributed by atoms with Gasteiger partial charge in [0.15, 0.2) is 0 Å². The van der Waals surface area contributed by atoms with Crippen molar-refractivity contribution in [1.29, 1.82) is 0 Å². The smallest absolute Gasteiger partial charge is 0.220 e. The van der Waals surface area contributed by atoms with Gasteiger partial charge in [-0.1, -0.05) is 54.6 Å². The standard InChI is InChI=1S/C28H26FN3O2/c29-25-15-13-22(14-16-25)27(32-26(33)12-4-9-21-7-2-1-3-8-21)28(34,23-10-5-17-30-19-23)24-11-6-18-31-20-24/h1-3,5-8,10-11,13-20,27,34H,4,9,12H2,(H,32,33). The zero-order valence-corrected chi connectivity index (χ0v) is 18.6. The number of pyridine rings is 2. The lowest BCUT2D eigenvalue weighted by molar-refractivity contribution is -0.124. The van der Waals surface area contributed by atoms with Gasteiger partial charge in [-0.05, 0) is 48.2 Å². The first-order chi connectivity index (χ1) is 16.6. The Labute approximate surface area is 198 Å². The Morgan fingerprint density at radius 2 is 1.50 bits per heavy atom. The van der Waals surface area contributed by atoms with Crippen molar-refractivity contribution in [3.63, 3.8) is 0 Å². The molecule has 2 N–H and O–H groups in total. The molecule has 1 amide bonds. The molecule has 0 fully saturated rings. The molecule has 1 atom stereocenters. The third-order valence-electron chi connectivity index (χ3n) is 5.84. The van der Waals surface area contributed by atoms with E-state index in [0.717, 1.165) is 12.0 Å². The van der Waals surface area contributed by atoms with Gasteiger partial charge < -0.3 is 10.4 Å². The summed E-state index contributed by atoms with van der Waals surface area (Å²) in [5.41, 5.74) is 1.01. The maximum Gasteiger partial charge on any atom is 0.220 e. The van der Waals surface area contributed by atoms with Crippen molar-refractivity contribution in [1.82, 2.24) is 15.3 Å². The van der Waals surface area contributed by atoms with Crippen molar-refractivity contribution in [3.05, 3.63) is 132 Å². The number of benzene rings is 2. The first-order valence-corrected chi connectivity index (χ1v) is 11.2. The Balaban J connectivity index is 1.66. The second kappa shape index (κ2) is 10.8. The molecule has 4 aromatic rings. The summed E-state index contributed by atoms with van der Waals surface area (Å²) < 4.78 is 13.7. The van der Waals surface area contributed by atoms with Gasteiger partial charge in [0.05, 0.1) is 6.04 Å². The van der Waals surface area contributed by atoms with Gasteiger partial charge in [0.25, 0.3) is 0 Å². The van der Waals surface area contributed by atoms with Crippen molar-refractivity contribution in [2.75, 3.05) is 0 Å². The summed E-state index contributed by atoms with van der Waals surface area (Å²) in [4.78, 5) is 21.4. The number of aliphatic hydroxyl groups is 1. The molecule has 4 rings (SSSR count). The molecular weight excluding hydrogens is 429 g/mol. The lowest BCUT2D eigenvalue weighted by Gasteiger charge is -2.37. The predicted octanol–water partition coefficient (Wildman–Crippen LogP) is 4.73. The minimum Gasteiger partial charge on any atom is -0.378 e. The van der Waals surface area contributed by atoms with E-state index >= 15 is 0 Å². The predicted molar refractivity (Wildman–Crippen MR) is 128 cm³/mol. The van der Waals surface area contributed by atoms with Crippen LogP contribution in [-0.4, -0.2) is 21.0 Å².